The van der Waals surface area contributed by atoms with Crippen LogP contribution in [0.2, 0.25) is 0 Å². The number of ether oxygens (including phenoxy) is 1. The van der Waals surface area contributed by atoms with Crippen molar-refractivity contribution >= 4 is 17.8 Å². The second kappa shape index (κ2) is 9.15. The van der Waals surface area contributed by atoms with Gasteiger partial charge in [-0.25, -0.2) is 9.59 Å². The Hall–Kier alpha value is -2.67. The molecule has 0 amide bonds. The Morgan fingerprint density at radius 3 is 2.54 bits per heavy atom. The van der Waals surface area contributed by atoms with Gasteiger partial charge >= 0.3 is 11.9 Å². The van der Waals surface area contributed by atoms with Crippen molar-refractivity contribution in [2.75, 3.05) is 13.1 Å². The van der Waals surface area contributed by atoms with Crippen molar-refractivity contribution in [1.29, 1.82) is 0 Å². The zero-order chi connectivity index (χ0) is 19.1. The number of nitrogens with one attached hydrogen (secondary N) is 1. The van der Waals surface area contributed by atoms with E-state index in [4.69, 9.17) is 14.9 Å². The summed E-state index contributed by atoms with van der Waals surface area (Å²) in [6.45, 7) is 6.19. The monoisotopic (exact) mass is 360 g/mol. The minimum absolute atomic E-state index is 0.0149. The maximum absolute atomic E-state index is 9.55. The molecule has 0 aliphatic carbocycles. The molecule has 140 valence electrons. The van der Waals surface area contributed by atoms with E-state index in [9.17, 15) is 9.59 Å². The molecule has 2 atom stereocenters. The molecule has 0 aromatic heterocycles. The molecule has 7 heteroatoms. The lowest BCUT2D eigenvalue weighted by Gasteiger charge is -2.33. The Kier molecular flexibility index (Phi) is 6.91. The van der Waals surface area contributed by atoms with E-state index in [1.54, 1.807) is 0 Å². The Morgan fingerprint density at radius 1 is 1.31 bits per heavy atom. The summed E-state index contributed by atoms with van der Waals surface area (Å²) in [6.07, 6.45) is 3.53. The molecule has 1 aromatic rings. The first kappa shape index (κ1) is 19.7. The van der Waals surface area contributed by atoms with Crippen LogP contribution < -0.4 is 5.32 Å². The molecule has 0 fully saturated rings. The van der Waals surface area contributed by atoms with Crippen LogP contribution in [0.1, 0.15) is 36.1 Å². The predicted molar refractivity (Wildman–Crippen MR) is 97.5 cm³/mol. The number of carboxylic acids is 2. The zero-order valence-corrected chi connectivity index (χ0v) is 14.9. The maximum Gasteiger partial charge on any atom is 0.328 e. The third-order valence-electron chi connectivity index (χ3n) is 4.26. The van der Waals surface area contributed by atoms with Gasteiger partial charge < -0.3 is 20.3 Å². The first-order valence-corrected chi connectivity index (χ1v) is 8.58. The van der Waals surface area contributed by atoms with Crippen LogP contribution in [0, 0.1) is 6.92 Å². The largest absolute Gasteiger partial charge is 0.478 e. The number of nitrogens with zero attached hydrogens (tertiary/aromatic N) is 1. The summed E-state index contributed by atoms with van der Waals surface area (Å²) in [7, 11) is 0. The number of hydrogen-bond acceptors (Lipinski definition) is 5. The van der Waals surface area contributed by atoms with Crippen LogP contribution in [0.15, 0.2) is 35.3 Å². The van der Waals surface area contributed by atoms with Crippen LogP contribution in [-0.4, -0.2) is 47.2 Å². The third kappa shape index (κ3) is 5.16. The van der Waals surface area contributed by atoms with Gasteiger partial charge in [-0.05, 0) is 36.5 Å². The van der Waals surface area contributed by atoms with Crippen molar-refractivity contribution in [2.24, 2.45) is 4.99 Å². The Bertz CT molecular complexity index is 711. The van der Waals surface area contributed by atoms with Gasteiger partial charge in [0.05, 0.1) is 12.6 Å². The lowest BCUT2D eigenvalue weighted by atomic mass is 9.89. The van der Waals surface area contributed by atoms with Gasteiger partial charge in [-0.15, -0.1) is 0 Å². The quantitative estimate of drug-likeness (QED) is 0.710. The second-order valence-corrected chi connectivity index (χ2v) is 6.10. The number of hydrogen-bond donors (Lipinski definition) is 3. The second-order valence-electron chi connectivity index (χ2n) is 6.10. The first-order chi connectivity index (χ1) is 12.4. The molecule has 1 aromatic carbocycles. The fraction of sp³-hybridized carbons (Fsp3) is 0.421. The summed E-state index contributed by atoms with van der Waals surface area (Å²) in [5, 5.41) is 19.0. The molecule has 0 radical (unpaired) electrons. The number of fused-ring (bicyclic) bond motifs is 1. The fourth-order valence-electron chi connectivity index (χ4n) is 2.98. The summed E-state index contributed by atoms with van der Waals surface area (Å²) in [4.78, 5) is 23.6. The Labute approximate surface area is 152 Å². The fourth-order valence-corrected chi connectivity index (χ4v) is 2.98. The molecule has 0 saturated heterocycles. The Morgan fingerprint density at radius 2 is 2.00 bits per heavy atom. The average Bonchev–Trinajstić information content (AvgIpc) is 3.14. The molecule has 3 N–H and O–H groups in total. The van der Waals surface area contributed by atoms with Gasteiger partial charge in [-0.3, -0.25) is 4.99 Å². The molecule has 1 unspecified atom stereocenters. The normalized spacial score (nSPS) is 21.2. The van der Waals surface area contributed by atoms with E-state index < -0.39 is 11.9 Å². The molecule has 2 aliphatic rings. The number of aliphatic carboxylic acids is 2. The maximum atomic E-state index is 9.55. The highest BCUT2D eigenvalue weighted by Crippen LogP contribution is 2.34. The number of carboxylic acid groups (broad SMARTS) is 2. The number of carbonyl (C=O) groups is 2. The summed E-state index contributed by atoms with van der Waals surface area (Å²) in [5.41, 5.74) is 4.13. The van der Waals surface area contributed by atoms with Crippen LogP contribution in [0.3, 0.4) is 0 Å². The van der Waals surface area contributed by atoms with E-state index in [1.165, 1.54) is 16.7 Å². The van der Waals surface area contributed by atoms with Gasteiger partial charge in [-0.2, -0.15) is 0 Å². The van der Waals surface area contributed by atoms with Gasteiger partial charge in [0, 0.05) is 18.7 Å². The molecule has 7 nitrogen and oxygen atoms in total. The van der Waals surface area contributed by atoms with Gasteiger partial charge in [0.25, 0.3) is 0 Å². The summed E-state index contributed by atoms with van der Waals surface area (Å²) < 4.78 is 6.21. The number of amidine groups is 1. The Balaban J connectivity index is 0.000000260. The molecule has 26 heavy (non-hydrogen) atoms. The number of benzene rings is 1. The summed E-state index contributed by atoms with van der Waals surface area (Å²) >= 11 is 0. The minimum atomic E-state index is -1.26. The molecular weight excluding hydrogens is 336 g/mol. The van der Waals surface area contributed by atoms with Crippen molar-refractivity contribution in [1.82, 2.24) is 5.32 Å². The van der Waals surface area contributed by atoms with E-state index in [0.717, 1.165) is 31.8 Å². The van der Waals surface area contributed by atoms with E-state index in [0.29, 0.717) is 18.3 Å². The first-order valence-electron chi connectivity index (χ1n) is 8.58. The van der Waals surface area contributed by atoms with E-state index in [1.807, 2.05) is 0 Å². The average molecular weight is 360 g/mol. The van der Waals surface area contributed by atoms with Crippen LogP contribution in [-0.2, 0) is 20.7 Å². The third-order valence-corrected chi connectivity index (χ3v) is 4.26. The molecule has 0 saturated carbocycles. The van der Waals surface area contributed by atoms with Crippen LogP contribution in [0.5, 0.6) is 0 Å². The molecule has 3 rings (SSSR count). The highest BCUT2D eigenvalue weighted by atomic mass is 16.5. The highest BCUT2D eigenvalue weighted by Gasteiger charge is 2.31. The molecule has 2 aliphatic heterocycles. The van der Waals surface area contributed by atoms with Crippen LogP contribution >= 0.6 is 0 Å². The van der Waals surface area contributed by atoms with Gasteiger partial charge in [0.2, 0.25) is 0 Å². The number of rotatable bonds is 4. The number of aliphatic imine (C=N–C) groups is 1. The molecular formula is C19H24N2O5. The molecule has 0 spiro atoms. The van der Waals surface area contributed by atoms with E-state index in [-0.39, 0.29) is 6.10 Å². The van der Waals surface area contributed by atoms with Crippen molar-refractivity contribution in [3.63, 3.8) is 0 Å². The zero-order valence-electron chi connectivity index (χ0n) is 14.9. The van der Waals surface area contributed by atoms with Crippen molar-refractivity contribution in [2.45, 2.75) is 38.9 Å². The number of aryl methyl sites for hydroxylation is 1. The summed E-state index contributed by atoms with van der Waals surface area (Å²) in [6, 6.07) is 6.49. The minimum Gasteiger partial charge on any atom is -0.478 e. The lowest BCUT2D eigenvalue weighted by Crippen LogP contribution is -2.35. The SMILES string of the molecule is CC[C@@H]1Cc2c(C)cccc2C(C2=NCCN2)O1.O=C(O)/C=C/C(=O)O. The standard InChI is InChI=1S/C15H20N2O.C4H4O4/c1-3-11-9-13-10(2)5-4-6-12(13)14(18-11)15-16-7-8-17-15;5-3(6)1-2-4(7)8/h4-6,11,14H,3,7-9H2,1-2H3,(H,16,17);1-2H,(H,5,6)(H,7,8)/b;2-1+/t11-,14?;/m1./s1. The molecule has 0 bridgehead atoms. The van der Waals surface area contributed by atoms with Crippen molar-refractivity contribution < 1.29 is 24.5 Å². The van der Waals surface area contributed by atoms with Gasteiger partial charge in [0.15, 0.2) is 0 Å². The van der Waals surface area contributed by atoms with Gasteiger partial charge in [0.1, 0.15) is 11.9 Å². The highest BCUT2D eigenvalue weighted by molar-refractivity contribution is 5.90. The topological polar surface area (TPSA) is 108 Å². The lowest BCUT2D eigenvalue weighted by molar-refractivity contribution is -0.134. The van der Waals surface area contributed by atoms with Crippen LogP contribution in [0.4, 0.5) is 0 Å². The van der Waals surface area contributed by atoms with E-state index >= 15 is 0 Å². The predicted octanol–water partition coefficient (Wildman–Crippen LogP) is 2.10. The van der Waals surface area contributed by atoms with Crippen LogP contribution in [0.25, 0.3) is 0 Å². The molecule has 2 heterocycles. The van der Waals surface area contributed by atoms with Crippen molar-refractivity contribution in [3.8, 4) is 0 Å². The summed E-state index contributed by atoms with van der Waals surface area (Å²) in [5.74, 6) is -1.50. The van der Waals surface area contributed by atoms with E-state index in [2.05, 4.69) is 42.4 Å². The smallest absolute Gasteiger partial charge is 0.328 e. The van der Waals surface area contributed by atoms with Crippen molar-refractivity contribution in [3.05, 3.63) is 47.0 Å². The van der Waals surface area contributed by atoms with Gasteiger partial charge in [-0.1, -0.05) is 25.1 Å².